The molecule has 0 unspecified atom stereocenters. The Kier molecular flexibility index (Phi) is 5.21. The molecule has 0 aliphatic heterocycles. The van der Waals surface area contributed by atoms with Gasteiger partial charge in [0.15, 0.2) is 0 Å². The number of ether oxygens (including phenoxy) is 1. The summed E-state index contributed by atoms with van der Waals surface area (Å²) in [4.78, 5) is 41.7. The number of aliphatic hydroxyl groups is 1. The van der Waals surface area contributed by atoms with Crippen molar-refractivity contribution in [3.8, 4) is 0 Å². The quantitative estimate of drug-likeness (QED) is 0.290. The summed E-state index contributed by atoms with van der Waals surface area (Å²) < 4.78 is 16.3. The highest BCUT2D eigenvalue weighted by Crippen LogP contribution is 2.39. The van der Waals surface area contributed by atoms with E-state index in [0.717, 1.165) is 0 Å². The van der Waals surface area contributed by atoms with Crippen LogP contribution in [0.25, 0.3) is 0 Å². The average molecular weight is 294 g/mol. The van der Waals surface area contributed by atoms with Gasteiger partial charge in [-0.1, -0.05) is 0 Å². The summed E-state index contributed by atoms with van der Waals surface area (Å²) in [5.74, 6) is 0. The van der Waals surface area contributed by atoms with Crippen LogP contribution in [0.4, 0.5) is 0 Å². The minimum Gasteiger partial charge on any atom is -0.358 e. The molecular weight excluding hydrogens is 279 g/mol. The average Bonchev–Trinajstić information content (AvgIpc) is 2.29. The summed E-state index contributed by atoms with van der Waals surface area (Å²) in [5.41, 5.74) is -0.670. The van der Waals surface area contributed by atoms with Gasteiger partial charge in [-0.15, -0.1) is 0 Å². The highest BCUT2D eigenvalue weighted by atomic mass is 31.2. The van der Waals surface area contributed by atoms with Crippen LogP contribution in [0.1, 0.15) is 12.0 Å². The predicted octanol–water partition coefficient (Wildman–Crippen LogP) is -1.29. The van der Waals surface area contributed by atoms with E-state index in [1.54, 1.807) is 6.92 Å². The van der Waals surface area contributed by atoms with Crippen molar-refractivity contribution in [1.82, 2.24) is 9.55 Å². The van der Waals surface area contributed by atoms with Crippen LogP contribution in [0.15, 0.2) is 15.8 Å². The van der Waals surface area contributed by atoms with Gasteiger partial charge in [-0.25, -0.2) is 4.79 Å². The molecule has 1 atom stereocenters. The third-order valence-electron chi connectivity index (χ3n) is 2.29. The van der Waals surface area contributed by atoms with E-state index >= 15 is 0 Å². The van der Waals surface area contributed by atoms with Crippen LogP contribution in [-0.4, -0.2) is 37.1 Å². The Bertz CT molecular complexity index is 587. The smallest absolute Gasteiger partial charge is 0.358 e. The van der Waals surface area contributed by atoms with Crippen LogP contribution in [0.5, 0.6) is 0 Å². The van der Waals surface area contributed by atoms with Gasteiger partial charge < -0.3 is 24.2 Å². The van der Waals surface area contributed by atoms with Gasteiger partial charge in [0.25, 0.3) is 11.6 Å². The van der Waals surface area contributed by atoms with E-state index in [-0.39, 0.29) is 19.6 Å². The predicted molar refractivity (Wildman–Crippen MR) is 64.7 cm³/mol. The van der Waals surface area contributed by atoms with Crippen LogP contribution >= 0.6 is 7.60 Å². The van der Waals surface area contributed by atoms with Crippen molar-refractivity contribution in [1.29, 1.82) is 0 Å². The van der Waals surface area contributed by atoms with Crippen molar-refractivity contribution >= 4 is 7.60 Å². The Morgan fingerprint density at radius 2 is 2.11 bits per heavy atom. The van der Waals surface area contributed by atoms with E-state index in [1.165, 1.54) is 10.8 Å². The summed E-state index contributed by atoms with van der Waals surface area (Å²) in [6, 6.07) is -2.17. The fourth-order valence-electron chi connectivity index (χ4n) is 1.31. The van der Waals surface area contributed by atoms with Crippen molar-refractivity contribution in [3.05, 3.63) is 32.6 Å². The van der Waals surface area contributed by atoms with E-state index in [0.29, 0.717) is 5.56 Å². The summed E-state index contributed by atoms with van der Waals surface area (Å²) in [7, 11) is -4.68. The van der Waals surface area contributed by atoms with Gasteiger partial charge in [-0.3, -0.25) is 14.3 Å². The maximum Gasteiger partial charge on any atom is 0.381 e. The maximum atomic E-state index is 11.4. The molecule has 108 valence electrons. The first-order valence-corrected chi connectivity index (χ1v) is 7.05. The Morgan fingerprint density at radius 1 is 1.47 bits per heavy atom. The highest BCUT2D eigenvalue weighted by molar-refractivity contribution is 7.52. The van der Waals surface area contributed by atoms with Crippen molar-refractivity contribution in [2.24, 2.45) is 0 Å². The van der Waals surface area contributed by atoms with Gasteiger partial charge in [0.1, 0.15) is 0 Å². The van der Waals surface area contributed by atoms with Gasteiger partial charge in [-0.05, 0) is 13.3 Å². The topological polar surface area (TPSA) is 142 Å². The summed E-state index contributed by atoms with van der Waals surface area (Å²) in [6.07, 6.45) is 1.61. The number of rotatable bonds is 6. The lowest BCUT2D eigenvalue weighted by Crippen LogP contribution is -2.31. The van der Waals surface area contributed by atoms with Crippen molar-refractivity contribution in [2.45, 2.75) is 25.9 Å². The number of nitrogens with zero attached hydrogens (tertiary/aromatic N) is 1. The lowest BCUT2D eigenvalue weighted by molar-refractivity contribution is -0.0564. The zero-order chi connectivity index (χ0) is 14.6. The number of hydrogen-bond donors (Lipinski definition) is 4. The van der Waals surface area contributed by atoms with E-state index in [2.05, 4.69) is 9.72 Å². The fourth-order valence-corrected chi connectivity index (χ4v) is 1.60. The number of hydrogen-bond acceptors (Lipinski definition) is 5. The largest absolute Gasteiger partial charge is 0.381 e. The number of aliphatic hydroxyl groups excluding tert-OH is 1. The molecule has 0 aliphatic rings. The monoisotopic (exact) mass is 294 g/mol. The van der Waals surface area contributed by atoms with Gasteiger partial charge in [-0.2, -0.15) is 0 Å². The normalized spacial score (nSPS) is 13.5. The van der Waals surface area contributed by atoms with Crippen LogP contribution < -0.4 is 11.2 Å². The molecule has 0 fully saturated rings. The first-order valence-electron chi connectivity index (χ1n) is 5.37. The van der Waals surface area contributed by atoms with Crippen LogP contribution in [0, 0.1) is 6.92 Å². The molecule has 0 saturated carbocycles. The Morgan fingerprint density at radius 3 is 2.68 bits per heavy atom. The number of aryl methyl sites for hydroxylation is 2. The molecule has 1 heterocycles. The van der Waals surface area contributed by atoms with Crippen LogP contribution in [0.3, 0.4) is 0 Å². The first-order chi connectivity index (χ1) is 8.71. The molecule has 0 saturated heterocycles. The van der Waals surface area contributed by atoms with E-state index in [4.69, 9.17) is 14.9 Å². The third-order valence-corrected chi connectivity index (χ3v) is 3.01. The number of H-pyrrole nitrogens is 1. The van der Waals surface area contributed by atoms with Gasteiger partial charge in [0.2, 0.25) is 0 Å². The van der Waals surface area contributed by atoms with Crippen LogP contribution in [0.2, 0.25) is 0 Å². The number of nitrogens with one attached hydrogen (secondary N) is 1. The summed E-state index contributed by atoms with van der Waals surface area (Å²) in [6.45, 7) is 1.59. The minimum absolute atomic E-state index is 0.142. The molecule has 0 amide bonds. The second-order valence-corrected chi connectivity index (χ2v) is 5.52. The second-order valence-electron chi connectivity index (χ2n) is 3.90. The van der Waals surface area contributed by atoms with Gasteiger partial charge in [0, 0.05) is 18.3 Å². The summed E-state index contributed by atoms with van der Waals surface area (Å²) >= 11 is 0. The molecular formula is C9H15N2O7P. The molecule has 9 nitrogen and oxygen atoms in total. The van der Waals surface area contributed by atoms with E-state index in [1.807, 2.05) is 0 Å². The maximum absolute atomic E-state index is 11.4. The molecule has 4 N–H and O–H groups in total. The highest BCUT2D eigenvalue weighted by Gasteiger charge is 2.26. The van der Waals surface area contributed by atoms with E-state index < -0.39 is 24.9 Å². The second kappa shape index (κ2) is 6.27. The zero-order valence-corrected chi connectivity index (χ0v) is 11.0. The first kappa shape index (κ1) is 15.8. The van der Waals surface area contributed by atoms with Gasteiger partial charge >= 0.3 is 13.3 Å². The number of aromatic nitrogens is 2. The Balaban J connectivity index is 2.51. The molecule has 19 heavy (non-hydrogen) atoms. The molecule has 1 aromatic rings. The molecule has 0 radical (unpaired) electrons. The Hall–Kier alpha value is -1.25. The number of aromatic amines is 1. The lowest BCUT2D eigenvalue weighted by atomic mass is 10.3. The molecule has 10 heteroatoms. The van der Waals surface area contributed by atoms with Gasteiger partial charge in [0.05, 0.1) is 6.61 Å². The SMILES string of the molecule is Cc1cn(CCCO[C@H](O)P(=O)(O)O)c(=O)[nH]c1=O. The standard InChI is InChI=1S/C9H15N2O7P/c1-6-5-11(8(13)10-7(6)12)3-2-4-18-9(14)19(15,16)17/h5,9,14H,2-4H2,1H3,(H,10,12,13)(H2,15,16,17)/t9-/m0/s1. The Labute approximate surface area is 107 Å². The zero-order valence-electron chi connectivity index (χ0n) is 10.1. The van der Waals surface area contributed by atoms with E-state index in [9.17, 15) is 14.2 Å². The minimum atomic E-state index is -4.68. The molecule has 0 bridgehead atoms. The van der Waals surface area contributed by atoms with Crippen LogP contribution in [-0.2, 0) is 15.8 Å². The van der Waals surface area contributed by atoms with Crippen molar-refractivity contribution < 1.29 is 24.2 Å². The third kappa shape index (κ3) is 4.73. The van der Waals surface area contributed by atoms with Crippen molar-refractivity contribution in [3.63, 3.8) is 0 Å². The molecule has 1 rings (SSSR count). The molecule has 0 spiro atoms. The lowest BCUT2D eigenvalue weighted by Gasteiger charge is -2.13. The fraction of sp³-hybridized carbons (Fsp3) is 0.556. The summed E-state index contributed by atoms with van der Waals surface area (Å²) in [5, 5.41) is 8.92. The molecule has 0 aromatic carbocycles. The molecule has 1 aromatic heterocycles. The van der Waals surface area contributed by atoms with Crippen molar-refractivity contribution in [2.75, 3.05) is 6.61 Å². The molecule has 0 aliphatic carbocycles.